The van der Waals surface area contributed by atoms with Gasteiger partial charge in [-0.05, 0) is 60.5 Å². The van der Waals surface area contributed by atoms with E-state index in [1.807, 2.05) is 13.8 Å². The number of anilines is 1. The molecule has 0 aliphatic heterocycles. The summed E-state index contributed by atoms with van der Waals surface area (Å²) >= 11 is 4.53. The molecule has 2 aromatic heterocycles. The summed E-state index contributed by atoms with van der Waals surface area (Å²) in [6, 6.07) is 5.15. The van der Waals surface area contributed by atoms with Crippen LogP contribution in [0.25, 0.3) is 0 Å². The van der Waals surface area contributed by atoms with Crippen LogP contribution >= 0.6 is 27.3 Å². The van der Waals surface area contributed by atoms with Crippen LogP contribution in [0.15, 0.2) is 26.2 Å². The number of nitrogens with zero attached hydrogens (tertiary/aromatic N) is 1. The molecule has 0 unspecified atom stereocenters. The van der Waals surface area contributed by atoms with Gasteiger partial charge in [-0.2, -0.15) is 0 Å². The maximum Gasteiger partial charge on any atom is 0.271 e. The summed E-state index contributed by atoms with van der Waals surface area (Å²) in [5, 5.41) is 0. The van der Waals surface area contributed by atoms with E-state index in [0.717, 1.165) is 15.0 Å². The van der Waals surface area contributed by atoms with Gasteiger partial charge in [0, 0.05) is 5.69 Å². The van der Waals surface area contributed by atoms with E-state index in [2.05, 4.69) is 25.6 Å². The van der Waals surface area contributed by atoms with Crippen LogP contribution in [0, 0.1) is 20.8 Å². The van der Waals surface area contributed by atoms with Crippen molar-refractivity contribution >= 4 is 43.0 Å². The third kappa shape index (κ3) is 3.16. The summed E-state index contributed by atoms with van der Waals surface area (Å²) in [5.74, 6) is 0. The lowest BCUT2D eigenvalue weighted by Crippen LogP contribution is -2.13. The molecular formula is C12H13BrN2O2S2. The van der Waals surface area contributed by atoms with Gasteiger partial charge in [0.15, 0.2) is 0 Å². The van der Waals surface area contributed by atoms with Gasteiger partial charge in [-0.1, -0.05) is 0 Å². The number of thiophene rings is 1. The number of hydrogen-bond donors (Lipinski definition) is 1. The first-order chi connectivity index (χ1) is 8.79. The van der Waals surface area contributed by atoms with Gasteiger partial charge < -0.3 is 0 Å². The van der Waals surface area contributed by atoms with E-state index in [0.29, 0.717) is 11.4 Å². The average molecular weight is 361 g/mol. The molecule has 2 aromatic rings. The molecule has 0 radical (unpaired) electrons. The first-order valence-corrected chi connectivity index (χ1v) is 8.62. The largest absolute Gasteiger partial charge is 0.277 e. The molecule has 0 spiro atoms. The topological polar surface area (TPSA) is 59.1 Å². The first-order valence-electron chi connectivity index (χ1n) is 5.52. The molecule has 19 heavy (non-hydrogen) atoms. The lowest BCUT2D eigenvalue weighted by atomic mass is 10.3. The monoisotopic (exact) mass is 360 g/mol. The van der Waals surface area contributed by atoms with Crippen molar-refractivity contribution < 1.29 is 8.42 Å². The quantitative estimate of drug-likeness (QED) is 0.908. The fourth-order valence-electron chi connectivity index (χ4n) is 1.55. The summed E-state index contributed by atoms with van der Waals surface area (Å²) in [6.45, 7) is 5.50. The van der Waals surface area contributed by atoms with Gasteiger partial charge >= 0.3 is 0 Å². The second-order valence-electron chi connectivity index (χ2n) is 4.21. The highest BCUT2D eigenvalue weighted by Crippen LogP contribution is 2.31. The third-order valence-corrected chi connectivity index (χ3v) is 6.54. The van der Waals surface area contributed by atoms with Crippen molar-refractivity contribution in [1.82, 2.24) is 4.98 Å². The van der Waals surface area contributed by atoms with Gasteiger partial charge in [0.05, 0.1) is 15.2 Å². The Balaban J connectivity index is 2.36. The summed E-state index contributed by atoms with van der Waals surface area (Å²) in [5.41, 5.74) is 2.93. The Morgan fingerprint density at radius 1 is 1.26 bits per heavy atom. The van der Waals surface area contributed by atoms with Crippen LogP contribution in [0.4, 0.5) is 5.69 Å². The van der Waals surface area contributed by atoms with Crippen molar-refractivity contribution in [2.45, 2.75) is 25.0 Å². The van der Waals surface area contributed by atoms with Gasteiger partial charge in [0.1, 0.15) is 4.21 Å². The smallest absolute Gasteiger partial charge is 0.271 e. The van der Waals surface area contributed by atoms with Crippen LogP contribution in [0.1, 0.15) is 17.0 Å². The van der Waals surface area contributed by atoms with E-state index >= 15 is 0 Å². The molecule has 2 rings (SSSR count). The highest BCUT2D eigenvalue weighted by Gasteiger charge is 2.19. The second-order valence-corrected chi connectivity index (χ2v) is 8.49. The predicted octanol–water partition coefficient (Wildman–Crippen LogP) is 3.63. The van der Waals surface area contributed by atoms with Crippen LogP contribution in [0.2, 0.25) is 0 Å². The van der Waals surface area contributed by atoms with Crippen molar-refractivity contribution in [1.29, 1.82) is 0 Å². The molecule has 0 aliphatic rings. The van der Waals surface area contributed by atoms with Crippen molar-refractivity contribution in [3.05, 3.63) is 38.9 Å². The number of halogens is 1. The molecule has 0 amide bonds. The molecule has 0 fully saturated rings. The van der Waals surface area contributed by atoms with Gasteiger partial charge in [-0.25, -0.2) is 8.42 Å². The molecule has 7 heteroatoms. The number of aryl methyl sites for hydroxylation is 3. The summed E-state index contributed by atoms with van der Waals surface area (Å²) in [4.78, 5) is 4.24. The number of hydrogen-bond acceptors (Lipinski definition) is 4. The number of nitrogens with one attached hydrogen (secondary N) is 1. The van der Waals surface area contributed by atoms with Gasteiger partial charge in [0.25, 0.3) is 10.0 Å². The highest BCUT2D eigenvalue weighted by molar-refractivity contribution is 9.11. The van der Waals surface area contributed by atoms with Crippen LogP contribution in [0.5, 0.6) is 0 Å². The van der Waals surface area contributed by atoms with Crippen molar-refractivity contribution in [3.8, 4) is 0 Å². The lowest BCUT2D eigenvalue weighted by molar-refractivity contribution is 0.603. The molecule has 2 heterocycles. The molecular weight excluding hydrogens is 348 g/mol. The highest BCUT2D eigenvalue weighted by atomic mass is 79.9. The van der Waals surface area contributed by atoms with Gasteiger partial charge in [-0.3, -0.25) is 9.71 Å². The Labute approximate surface area is 125 Å². The van der Waals surface area contributed by atoms with Crippen LogP contribution in [-0.2, 0) is 10.0 Å². The van der Waals surface area contributed by atoms with E-state index in [1.165, 1.54) is 11.3 Å². The first kappa shape index (κ1) is 14.5. The number of pyridine rings is 1. The standard InChI is InChI=1S/C12H13BrN2O2S2/c1-7-6-11(18-12(7)13)19(16,17)15-10-5-4-8(2)14-9(10)3/h4-6,15H,1-3H3. The zero-order chi connectivity index (χ0) is 14.2. The minimum atomic E-state index is -3.55. The minimum absolute atomic E-state index is 0.289. The third-order valence-electron chi connectivity index (χ3n) is 2.57. The van der Waals surface area contributed by atoms with E-state index in [4.69, 9.17) is 0 Å². The SMILES string of the molecule is Cc1ccc(NS(=O)(=O)c2cc(C)c(Br)s2)c(C)n1. The minimum Gasteiger partial charge on any atom is -0.277 e. The van der Waals surface area contributed by atoms with Crippen LogP contribution < -0.4 is 4.72 Å². The van der Waals surface area contributed by atoms with Gasteiger partial charge in [-0.15, -0.1) is 11.3 Å². The molecule has 0 bridgehead atoms. The Kier molecular flexibility index (Phi) is 3.98. The summed E-state index contributed by atoms with van der Waals surface area (Å²) in [7, 11) is -3.55. The normalized spacial score (nSPS) is 11.6. The van der Waals surface area contributed by atoms with E-state index in [1.54, 1.807) is 25.1 Å². The number of sulfonamides is 1. The molecule has 102 valence electrons. The maximum atomic E-state index is 12.3. The second kappa shape index (κ2) is 5.22. The molecule has 0 aliphatic carbocycles. The Morgan fingerprint density at radius 2 is 1.95 bits per heavy atom. The number of rotatable bonds is 3. The molecule has 0 saturated carbocycles. The lowest BCUT2D eigenvalue weighted by Gasteiger charge is -2.08. The van der Waals surface area contributed by atoms with Crippen LogP contribution in [0.3, 0.4) is 0 Å². The molecule has 0 saturated heterocycles. The van der Waals surface area contributed by atoms with E-state index < -0.39 is 10.0 Å². The Hall–Kier alpha value is -0.920. The number of aromatic nitrogens is 1. The molecule has 4 nitrogen and oxygen atoms in total. The Morgan fingerprint density at radius 3 is 2.47 bits per heavy atom. The zero-order valence-electron chi connectivity index (χ0n) is 10.7. The van der Waals surface area contributed by atoms with Crippen molar-refractivity contribution in [2.75, 3.05) is 4.72 Å². The Bertz CT molecular complexity index is 704. The molecule has 1 N–H and O–H groups in total. The van der Waals surface area contributed by atoms with Gasteiger partial charge in [0.2, 0.25) is 0 Å². The maximum absolute atomic E-state index is 12.3. The van der Waals surface area contributed by atoms with E-state index in [9.17, 15) is 8.42 Å². The van der Waals surface area contributed by atoms with Crippen LogP contribution in [-0.4, -0.2) is 13.4 Å². The fourth-order valence-corrected chi connectivity index (χ4v) is 4.90. The van der Waals surface area contributed by atoms with Crippen molar-refractivity contribution in [2.24, 2.45) is 0 Å². The summed E-state index contributed by atoms with van der Waals surface area (Å²) in [6.07, 6.45) is 0. The molecule has 0 aromatic carbocycles. The van der Waals surface area contributed by atoms with Crippen molar-refractivity contribution in [3.63, 3.8) is 0 Å². The average Bonchev–Trinajstić information content (AvgIpc) is 2.64. The molecule has 0 atom stereocenters. The van der Waals surface area contributed by atoms with E-state index in [-0.39, 0.29) is 4.21 Å². The predicted molar refractivity (Wildman–Crippen MR) is 81.3 cm³/mol. The zero-order valence-corrected chi connectivity index (χ0v) is 13.9. The summed E-state index contributed by atoms with van der Waals surface area (Å²) < 4.78 is 28.2. The fraction of sp³-hybridized carbons (Fsp3) is 0.250.